The third-order valence-corrected chi connectivity index (χ3v) is 6.61. The van der Waals surface area contributed by atoms with Crippen LogP contribution >= 0.6 is 11.3 Å². The smallest absolute Gasteiger partial charge is 0.201 e. The van der Waals surface area contributed by atoms with Crippen molar-refractivity contribution >= 4 is 22.2 Å². The van der Waals surface area contributed by atoms with Crippen molar-refractivity contribution in [3.63, 3.8) is 0 Å². The Hall–Kier alpha value is -2.73. The van der Waals surface area contributed by atoms with E-state index in [4.69, 9.17) is 4.74 Å². The van der Waals surface area contributed by atoms with Gasteiger partial charge in [0.2, 0.25) is 10.9 Å². The van der Waals surface area contributed by atoms with Gasteiger partial charge in [0, 0.05) is 12.2 Å². The molecule has 0 radical (unpaired) electrons. The predicted octanol–water partition coefficient (Wildman–Crippen LogP) is 4.24. The molecule has 6 nitrogen and oxygen atoms in total. The molecule has 0 saturated carbocycles. The number of thiazole rings is 1. The normalized spacial score (nSPS) is 15.4. The first-order chi connectivity index (χ1) is 14.5. The quantitative estimate of drug-likeness (QED) is 0.561. The fourth-order valence-corrected chi connectivity index (χ4v) is 5.34. The van der Waals surface area contributed by atoms with Crippen LogP contribution in [0.5, 0.6) is 5.75 Å². The summed E-state index contributed by atoms with van der Waals surface area (Å²) in [6, 6.07) is 13.5. The molecule has 1 unspecified atom stereocenters. The van der Waals surface area contributed by atoms with E-state index in [0.717, 1.165) is 45.0 Å². The molecular formula is C22H21N3O3S2. The van der Waals surface area contributed by atoms with Crippen LogP contribution in [0.3, 0.4) is 0 Å². The van der Waals surface area contributed by atoms with Gasteiger partial charge in [-0.1, -0.05) is 24.3 Å². The number of fused-ring (bicyclic) bond motifs is 1. The monoisotopic (exact) mass is 439 g/mol. The fraction of sp³-hybridized carbons (Fsp3) is 0.273. The van der Waals surface area contributed by atoms with Crippen LogP contribution in [0.1, 0.15) is 43.0 Å². The molecule has 0 saturated heterocycles. The molecule has 1 atom stereocenters. The second-order valence-electron chi connectivity index (χ2n) is 7.34. The Morgan fingerprint density at radius 2 is 2.00 bits per heavy atom. The number of thiol groups is 1. The zero-order valence-electron chi connectivity index (χ0n) is 16.6. The SMILES string of the molecule is CC(C)Oc1c(C#N)cccc1-c1ncc(-c2cccc3c2CCC3N[SH](=O)=O)s1. The predicted molar refractivity (Wildman–Crippen MR) is 118 cm³/mol. The summed E-state index contributed by atoms with van der Waals surface area (Å²) in [5.74, 6) is 0.553. The zero-order valence-corrected chi connectivity index (χ0v) is 18.3. The molecule has 3 aromatic rings. The van der Waals surface area contributed by atoms with Crippen LogP contribution in [0.15, 0.2) is 42.6 Å². The van der Waals surface area contributed by atoms with Gasteiger partial charge >= 0.3 is 0 Å². The molecule has 8 heteroatoms. The van der Waals surface area contributed by atoms with E-state index in [2.05, 4.69) is 15.8 Å². The number of nitrogens with one attached hydrogen (secondary N) is 1. The van der Waals surface area contributed by atoms with Crippen molar-refractivity contribution in [2.75, 3.05) is 0 Å². The first kappa shape index (κ1) is 20.5. The van der Waals surface area contributed by atoms with Gasteiger partial charge < -0.3 is 4.74 Å². The number of para-hydroxylation sites is 1. The summed E-state index contributed by atoms with van der Waals surface area (Å²) < 4.78 is 30.8. The molecule has 1 heterocycles. The second-order valence-corrected chi connectivity index (χ2v) is 9.14. The van der Waals surface area contributed by atoms with Crippen LogP contribution in [0, 0.1) is 11.3 Å². The van der Waals surface area contributed by atoms with E-state index in [1.807, 2.05) is 50.4 Å². The van der Waals surface area contributed by atoms with Crippen LogP contribution in [0.4, 0.5) is 0 Å². The molecule has 1 aromatic heterocycles. The van der Waals surface area contributed by atoms with Crippen LogP contribution in [-0.2, 0) is 17.3 Å². The summed E-state index contributed by atoms with van der Waals surface area (Å²) in [5.41, 5.74) is 4.54. The van der Waals surface area contributed by atoms with E-state index in [9.17, 15) is 13.7 Å². The van der Waals surface area contributed by atoms with Crippen molar-refractivity contribution in [3.8, 4) is 32.8 Å². The number of benzene rings is 2. The lowest BCUT2D eigenvalue weighted by Gasteiger charge is -2.14. The average molecular weight is 440 g/mol. The number of hydrogen-bond acceptors (Lipinski definition) is 6. The van der Waals surface area contributed by atoms with Crippen LogP contribution < -0.4 is 9.46 Å². The van der Waals surface area contributed by atoms with Crippen molar-refractivity contribution in [1.82, 2.24) is 9.71 Å². The lowest BCUT2D eigenvalue weighted by atomic mass is 10.0. The van der Waals surface area contributed by atoms with E-state index >= 15 is 0 Å². The maximum atomic E-state index is 11.1. The Bertz CT molecular complexity index is 1200. The molecule has 154 valence electrons. The van der Waals surface area contributed by atoms with Gasteiger partial charge in [0.15, 0.2) is 0 Å². The number of hydrogen-bond donors (Lipinski definition) is 2. The highest BCUT2D eigenvalue weighted by molar-refractivity contribution is 7.70. The minimum atomic E-state index is -2.64. The molecule has 1 aliphatic rings. The van der Waals surface area contributed by atoms with Crippen LogP contribution in [-0.4, -0.2) is 19.5 Å². The lowest BCUT2D eigenvalue weighted by molar-refractivity contribution is 0.243. The summed E-state index contributed by atoms with van der Waals surface area (Å²) >= 11 is 1.54. The second kappa shape index (κ2) is 8.56. The van der Waals surface area contributed by atoms with Gasteiger partial charge in [-0.25, -0.2) is 18.1 Å². The minimum Gasteiger partial charge on any atom is -0.489 e. The summed E-state index contributed by atoms with van der Waals surface area (Å²) in [5, 5.41) is 10.3. The van der Waals surface area contributed by atoms with Gasteiger partial charge in [0.25, 0.3) is 0 Å². The summed E-state index contributed by atoms with van der Waals surface area (Å²) in [6.45, 7) is 3.86. The Balaban J connectivity index is 1.74. The molecule has 30 heavy (non-hydrogen) atoms. The van der Waals surface area contributed by atoms with Crippen molar-refractivity contribution < 1.29 is 13.2 Å². The van der Waals surface area contributed by atoms with Crippen molar-refractivity contribution in [2.45, 2.75) is 38.8 Å². The van der Waals surface area contributed by atoms with Gasteiger partial charge in [-0.3, -0.25) is 0 Å². The van der Waals surface area contributed by atoms with Crippen LogP contribution in [0.25, 0.3) is 21.0 Å². The fourth-order valence-electron chi connectivity index (χ4n) is 3.83. The van der Waals surface area contributed by atoms with Crippen molar-refractivity contribution in [2.24, 2.45) is 0 Å². The topological polar surface area (TPSA) is 92.1 Å². The molecule has 0 spiro atoms. The molecule has 0 fully saturated rings. The van der Waals surface area contributed by atoms with E-state index in [0.29, 0.717) is 11.3 Å². The number of rotatable bonds is 6. The van der Waals surface area contributed by atoms with Gasteiger partial charge in [0.05, 0.1) is 22.1 Å². The molecule has 0 aliphatic heterocycles. The molecule has 1 aliphatic carbocycles. The Labute approximate surface area is 181 Å². The van der Waals surface area contributed by atoms with E-state index in [-0.39, 0.29) is 12.1 Å². The van der Waals surface area contributed by atoms with Gasteiger partial charge in [0.1, 0.15) is 16.8 Å². The van der Waals surface area contributed by atoms with Gasteiger partial charge in [-0.2, -0.15) is 5.26 Å². The summed E-state index contributed by atoms with van der Waals surface area (Å²) in [7, 11) is -2.64. The number of ether oxygens (including phenoxy) is 1. The highest BCUT2D eigenvalue weighted by Crippen LogP contribution is 2.42. The highest BCUT2D eigenvalue weighted by atomic mass is 32.2. The van der Waals surface area contributed by atoms with E-state index < -0.39 is 10.9 Å². The molecule has 0 amide bonds. The maximum Gasteiger partial charge on any atom is 0.201 e. The largest absolute Gasteiger partial charge is 0.489 e. The standard InChI is InChI=1S/C22H21N3O3S2/c1-13(2)28-21-14(11-23)5-3-8-18(21)22-24-12-20(29-22)17-7-4-6-16-15(17)9-10-19(16)25-30(26)27/h3-8,12-13,19,30H,9-10H2,1-2H3,(H,25,26,27). The molecular weight excluding hydrogens is 418 g/mol. The van der Waals surface area contributed by atoms with Crippen molar-refractivity contribution in [3.05, 3.63) is 59.3 Å². The zero-order chi connectivity index (χ0) is 21.3. The first-order valence-corrected chi connectivity index (χ1v) is 11.7. The lowest BCUT2D eigenvalue weighted by Crippen LogP contribution is -2.16. The third kappa shape index (κ3) is 3.97. The average Bonchev–Trinajstić information content (AvgIpc) is 3.35. The summed E-state index contributed by atoms with van der Waals surface area (Å²) in [6.07, 6.45) is 3.33. The Kier molecular flexibility index (Phi) is 5.86. The number of nitriles is 1. The van der Waals surface area contributed by atoms with Crippen molar-refractivity contribution in [1.29, 1.82) is 5.26 Å². The number of nitrogens with zero attached hydrogens (tertiary/aromatic N) is 2. The Morgan fingerprint density at radius 1 is 1.23 bits per heavy atom. The molecule has 4 rings (SSSR count). The first-order valence-electron chi connectivity index (χ1n) is 9.66. The molecule has 2 aromatic carbocycles. The molecule has 0 bridgehead atoms. The van der Waals surface area contributed by atoms with Gasteiger partial charge in [-0.05, 0) is 55.5 Å². The highest BCUT2D eigenvalue weighted by Gasteiger charge is 2.26. The van der Waals surface area contributed by atoms with Gasteiger partial charge in [-0.15, -0.1) is 11.3 Å². The van der Waals surface area contributed by atoms with E-state index in [1.54, 1.807) is 17.4 Å². The maximum absolute atomic E-state index is 11.1. The minimum absolute atomic E-state index is 0.0629. The summed E-state index contributed by atoms with van der Waals surface area (Å²) in [4.78, 5) is 5.62. The third-order valence-electron chi connectivity index (χ3n) is 5.02. The Morgan fingerprint density at radius 3 is 2.73 bits per heavy atom. The van der Waals surface area contributed by atoms with Crippen LogP contribution in [0.2, 0.25) is 0 Å². The number of aromatic nitrogens is 1. The molecule has 1 N–H and O–H groups in total. The van der Waals surface area contributed by atoms with E-state index in [1.165, 1.54) is 0 Å².